The van der Waals surface area contributed by atoms with Crippen LogP contribution in [0.5, 0.6) is 0 Å². The summed E-state index contributed by atoms with van der Waals surface area (Å²) in [4.78, 5) is 4.24. The quantitative estimate of drug-likeness (QED) is 0.687. The molecule has 3 rings (SSSR count). The number of aryl methyl sites for hydroxylation is 1. The second kappa shape index (κ2) is 5.46. The lowest BCUT2D eigenvalue weighted by Gasteiger charge is -2.08. The SMILES string of the molecule is Cc1noc(C(C)Sc2nncn2-c2ccccc2)n1. The largest absolute Gasteiger partial charge is 0.338 e. The number of hydrogen-bond donors (Lipinski definition) is 0. The van der Waals surface area contributed by atoms with Crippen molar-refractivity contribution in [1.82, 2.24) is 24.9 Å². The minimum absolute atomic E-state index is 0.0165. The van der Waals surface area contributed by atoms with Gasteiger partial charge in [0.25, 0.3) is 0 Å². The Labute approximate surface area is 120 Å². The maximum Gasteiger partial charge on any atom is 0.239 e. The van der Waals surface area contributed by atoms with Crippen molar-refractivity contribution >= 4 is 11.8 Å². The first-order chi connectivity index (χ1) is 9.74. The number of thioether (sulfide) groups is 1. The van der Waals surface area contributed by atoms with E-state index in [1.807, 2.05) is 41.8 Å². The standard InChI is InChI=1S/C13H13N5OS/c1-9(12-15-10(2)17-19-12)20-13-16-14-8-18(13)11-6-4-3-5-7-11/h3-9H,1-2H3. The molecule has 3 aromatic rings. The Balaban J connectivity index is 1.84. The van der Waals surface area contributed by atoms with Crippen LogP contribution in [0.25, 0.3) is 5.69 Å². The van der Waals surface area contributed by atoms with Crippen LogP contribution >= 0.6 is 11.8 Å². The van der Waals surface area contributed by atoms with Crippen molar-refractivity contribution in [3.05, 3.63) is 48.4 Å². The molecule has 6 nitrogen and oxygen atoms in total. The zero-order valence-electron chi connectivity index (χ0n) is 11.1. The van der Waals surface area contributed by atoms with Gasteiger partial charge in [-0.1, -0.05) is 35.1 Å². The van der Waals surface area contributed by atoms with Crippen molar-refractivity contribution in [2.75, 3.05) is 0 Å². The van der Waals surface area contributed by atoms with Gasteiger partial charge >= 0.3 is 0 Å². The average Bonchev–Trinajstić information content (AvgIpc) is 3.09. The zero-order valence-corrected chi connectivity index (χ0v) is 11.9. The molecular formula is C13H13N5OS. The molecule has 0 aliphatic rings. The lowest BCUT2D eigenvalue weighted by atomic mass is 10.3. The number of nitrogens with zero attached hydrogens (tertiary/aromatic N) is 5. The molecule has 7 heteroatoms. The molecule has 0 saturated carbocycles. The van der Waals surface area contributed by atoms with E-state index in [4.69, 9.17) is 4.52 Å². The van der Waals surface area contributed by atoms with Gasteiger partial charge in [0.1, 0.15) is 6.33 Å². The Kier molecular flexibility index (Phi) is 3.51. The second-order valence-corrected chi connectivity index (χ2v) is 5.57. The highest BCUT2D eigenvalue weighted by atomic mass is 32.2. The van der Waals surface area contributed by atoms with Gasteiger partial charge in [-0.15, -0.1) is 10.2 Å². The van der Waals surface area contributed by atoms with Gasteiger partial charge < -0.3 is 4.52 Å². The van der Waals surface area contributed by atoms with Crippen molar-refractivity contribution in [2.24, 2.45) is 0 Å². The molecule has 0 aliphatic carbocycles. The minimum Gasteiger partial charge on any atom is -0.338 e. The molecule has 1 aromatic carbocycles. The van der Waals surface area contributed by atoms with E-state index in [9.17, 15) is 0 Å². The summed E-state index contributed by atoms with van der Waals surface area (Å²) < 4.78 is 7.12. The van der Waals surface area contributed by atoms with Crippen LogP contribution in [0, 0.1) is 6.92 Å². The lowest BCUT2D eigenvalue weighted by Crippen LogP contribution is -1.97. The molecule has 102 valence electrons. The van der Waals surface area contributed by atoms with Crippen LogP contribution in [0.4, 0.5) is 0 Å². The molecule has 20 heavy (non-hydrogen) atoms. The van der Waals surface area contributed by atoms with Gasteiger partial charge in [0, 0.05) is 5.69 Å². The predicted octanol–water partition coefficient (Wildman–Crippen LogP) is 2.81. The number of benzene rings is 1. The Morgan fingerprint density at radius 1 is 1.25 bits per heavy atom. The molecule has 1 unspecified atom stereocenters. The molecule has 0 bridgehead atoms. The Morgan fingerprint density at radius 3 is 2.75 bits per heavy atom. The molecule has 0 spiro atoms. The van der Waals surface area contributed by atoms with Crippen LogP contribution in [0.1, 0.15) is 23.9 Å². The highest BCUT2D eigenvalue weighted by Crippen LogP contribution is 2.33. The van der Waals surface area contributed by atoms with Gasteiger partial charge in [-0.2, -0.15) is 4.98 Å². The van der Waals surface area contributed by atoms with Crippen LogP contribution in [-0.2, 0) is 0 Å². The van der Waals surface area contributed by atoms with E-state index in [1.54, 1.807) is 13.3 Å². The molecule has 1 atom stereocenters. The van der Waals surface area contributed by atoms with E-state index in [-0.39, 0.29) is 5.25 Å². The maximum absolute atomic E-state index is 5.18. The molecule has 0 N–H and O–H groups in total. The van der Waals surface area contributed by atoms with Crippen molar-refractivity contribution in [3.8, 4) is 5.69 Å². The topological polar surface area (TPSA) is 69.6 Å². The highest BCUT2D eigenvalue weighted by Gasteiger charge is 2.18. The summed E-state index contributed by atoms with van der Waals surface area (Å²) in [7, 11) is 0. The van der Waals surface area contributed by atoms with Gasteiger partial charge in [-0.25, -0.2) is 0 Å². The predicted molar refractivity (Wildman–Crippen MR) is 74.7 cm³/mol. The van der Waals surface area contributed by atoms with Crippen LogP contribution in [0.3, 0.4) is 0 Å². The summed E-state index contributed by atoms with van der Waals surface area (Å²) in [5.74, 6) is 1.23. The maximum atomic E-state index is 5.18. The van der Waals surface area contributed by atoms with E-state index in [2.05, 4.69) is 20.3 Å². The minimum atomic E-state index is 0.0165. The molecule has 0 amide bonds. The van der Waals surface area contributed by atoms with Gasteiger partial charge in [0.05, 0.1) is 5.25 Å². The first kappa shape index (κ1) is 12.9. The van der Waals surface area contributed by atoms with Gasteiger partial charge in [-0.3, -0.25) is 4.57 Å². The van der Waals surface area contributed by atoms with Crippen LogP contribution in [0.15, 0.2) is 46.3 Å². The Bertz CT molecular complexity index is 694. The summed E-state index contributed by atoms with van der Waals surface area (Å²) in [6.45, 7) is 3.80. The number of rotatable bonds is 4. The van der Waals surface area contributed by atoms with E-state index in [0.29, 0.717) is 11.7 Å². The number of hydrogen-bond acceptors (Lipinski definition) is 6. The van der Waals surface area contributed by atoms with E-state index < -0.39 is 0 Å². The highest BCUT2D eigenvalue weighted by molar-refractivity contribution is 7.99. The van der Waals surface area contributed by atoms with Gasteiger partial charge in [0.2, 0.25) is 5.89 Å². The van der Waals surface area contributed by atoms with Gasteiger partial charge in [-0.05, 0) is 26.0 Å². The second-order valence-electron chi connectivity index (χ2n) is 4.26. The molecule has 0 fully saturated rings. The summed E-state index contributed by atoms with van der Waals surface area (Å²) in [5.41, 5.74) is 1.02. The van der Waals surface area contributed by atoms with Crippen LogP contribution in [-0.4, -0.2) is 24.9 Å². The number of para-hydroxylation sites is 1. The van der Waals surface area contributed by atoms with Crippen molar-refractivity contribution in [2.45, 2.75) is 24.3 Å². The third kappa shape index (κ3) is 2.57. The Hall–Kier alpha value is -2.15. The summed E-state index contributed by atoms with van der Waals surface area (Å²) in [6.07, 6.45) is 1.70. The molecule has 0 saturated heterocycles. The third-order valence-corrected chi connectivity index (χ3v) is 3.77. The van der Waals surface area contributed by atoms with E-state index in [0.717, 1.165) is 10.8 Å². The fourth-order valence-electron chi connectivity index (χ4n) is 1.76. The fraction of sp³-hybridized carbons (Fsp3) is 0.231. The molecule has 0 radical (unpaired) electrons. The number of aromatic nitrogens is 5. The summed E-state index contributed by atoms with van der Waals surface area (Å²) in [6, 6.07) is 9.96. The van der Waals surface area contributed by atoms with Crippen molar-refractivity contribution < 1.29 is 4.52 Å². The first-order valence-electron chi connectivity index (χ1n) is 6.16. The van der Waals surface area contributed by atoms with E-state index >= 15 is 0 Å². The average molecular weight is 287 g/mol. The van der Waals surface area contributed by atoms with Crippen molar-refractivity contribution in [3.63, 3.8) is 0 Å². The lowest BCUT2D eigenvalue weighted by molar-refractivity contribution is 0.376. The van der Waals surface area contributed by atoms with Crippen LogP contribution in [0.2, 0.25) is 0 Å². The molecule has 2 aromatic heterocycles. The molecule has 2 heterocycles. The summed E-state index contributed by atoms with van der Waals surface area (Å²) >= 11 is 1.53. The normalized spacial score (nSPS) is 12.5. The fourth-order valence-corrected chi connectivity index (χ4v) is 2.63. The Morgan fingerprint density at radius 2 is 2.05 bits per heavy atom. The zero-order chi connectivity index (χ0) is 13.9. The third-order valence-electron chi connectivity index (χ3n) is 2.72. The summed E-state index contributed by atoms with van der Waals surface area (Å²) in [5, 5.41) is 12.7. The smallest absolute Gasteiger partial charge is 0.239 e. The van der Waals surface area contributed by atoms with Gasteiger partial charge in [0.15, 0.2) is 11.0 Å². The van der Waals surface area contributed by atoms with E-state index in [1.165, 1.54) is 11.8 Å². The molecule has 0 aliphatic heterocycles. The molecular weight excluding hydrogens is 274 g/mol. The first-order valence-corrected chi connectivity index (χ1v) is 7.04. The van der Waals surface area contributed by atoms with Crippen LogP contribution < -0.4 is 0 Å². The van der Waals surface area contributed by atoms with Crippen molar-refractivity contribution in [1.29, 1.82) is 0 Å². The monoisotopic (exact) mass is 287 g/mol.